The maximum atomic E-state index is 12.4. The van der Waals surface area contributed by atoms with Crippen LogP contribution in [0.15, 0.2) is 69.9 Å². The van der Waals surface area contributed by atoms with E-state index >= 15 is 0 Å². The van der Waals surface area contributed by atoms with Gasteiger partial charge in [-0.3, -0.25) is 9.36 Å². The first kappa shape index (κ1) is 17.6. The molecule has 0 atom stereocenters. The average molecular weight is 384 g/mol. The lowest BCUT2D eigenvalue weighted by molar-refractivity contribution is 0.112. The van der Waals surface area contributed by atoms with Crippen molar-refractivity contribution >= 4 is 17.4 Å². The van der Waals surface area contributed by atoms with Gasteiger partial charge < -0.3 is 9.73 Å². The topological polar surface area (TPSA) is 64.2 Å². The number of rotatable bonds is 4. The van der Waals surface area contributed by atoms with Gasteiger partial charge in [0.1, 0.15) is 6.29 Å². The zero-order valence-corrected chi connectivity index (χ0v) is 15.9. The van der Waals surface area contributed by atoms with Gasteiger partial charge in [0, 0.05) is 12.1 Å². The lowest BCUT2D eigenvalue weighted by Crippen LogP contribution is -2.24. The standard InChI is InChI=1S/C24H20N2O3/c27-15-17-7-8-22-23(12-17)29-24(28)26(22)14-16-3-1-4-18(11-16)20-6-2-5-19-13-25-10-9-21(19)20/h1-8,11-12,15,25H,9-10,13-14H2. The number of hydrogen-bond donors (Lipinski definition) is 1. The number of nitrogens with one attached hydrogen (secondary N) is 1. The Bertz CT molecular complexity index is 1280. The molecule has 1 aromatic heterocycles. The largest absolute Gasteiger partial charge is 0.420 e. The van der Waals surface area contributed by atoms with Crippen LogP contribution in [0.2, 0.25) is 0 Å². The fraction of sp³-hybridized carbons (Fsp3) is 0.167. The predicted octanol–water partition coefficient (Wildman–Crippen LogP) is 3.77. The number of nitrogens with zero attached hydrogens (tertiary/aromatic N) is 1. The number of carbonyl (C=O) groups is 1. The first-order valence-corrected chi connectivity index (χ1v) is 9.72. The molecule has 0 saturated carbocycles. The number of aldehydes is 1. The Morgan fingerprint density at radius 1 is 1.07 bits per heavy atom. The van der Waals surface area contributed by atoms with Crippen LogP contribution in [0.1, 0.15) is 27.0 Å². The van der Waals surface area contributed by atoms with Crippen molar-refractivity contribution in [2.75, 3.05) is 6.54 Å². The summed E-state index contributed by atoms with van der Waals surface area (Å²) < 4.78 is 6.95. The summed E-state index contributed by atoms with van der Waals surface area (Å²) in [6.45, 7) is 2.31. The maximum absolute atomic E-state index is 12.4. The van der Waals surface area contributed by atoms with Gasteiger partial charge in [-0.25, -0.2) is 4.79 Å². The van der Waals surface area contributed by atoms with Crippen molar-refractivity contribution in [1.29, 1.82) is 0 Å². The summed E-state index contributed by atoms with van der Waals surface area (Å²) in [5, 5.41) is 3.42. The number of aromatic nitrogens is 1. The van der Waals surface area contributed by atoms with E-state index in [1.165, 1.54) is 16.7 Å². The molecule has 0 aliphatic carbocycles. The van der Waals surface area contributed by atoms with E-state index in [9.17, 15) is 9.59 Å². The molecule has 1 N–H and O–H groups in total. The molecule has 144 valence electrons. The van der Waals surface area contributed by atoms with Gasteiger partial charge in [-0.05, 0) is 65.0 Å². The molecular formula is C24H20N2O3. The monoisotopic (exact) mass is 384 g/mol. The normalized spacial score (nSPS) is 13.4. The minimum atomic E-state index is -0.420. The van der Waals surface area contributed by atoms with E-state index in [4.69, 9.17) is 4.42 Å². The van der Waals surface area contributed by atoms with Gasteiger partial charge in [0.15, 0.2) is 5.58 Å². The van der Waals surface area contributed by atoms with Crippen LogP contribution >= 0.6 is 0 Å². The third-order valence-electron chi connectivity index (χ3n) is 5.55. The van der Waals surface area contributed by atoms with E-state index in [1.54, 1.807) is 22.8 Å². The summed E-state index contributed by atoms with van der Waals surface area (Å²) in [7, 11) is 0. The van der Waals surface area contributed by atoms with E-state index in [1.807, 2.05) is 12.1 Å². The molecule has 1 aliphatic rings. The van der Waals surface area contributed by atoms with Crippen LogP contribution in [-0.2, 0) is 19.5 Å². The van der Waals surface area contributed by atoms with Gasteiger partial charge in [-0.2, -0.15) is 0 Å². The number of benzene rings is 3. The van der Waals surface area contributed by atoms with Gasteiger partial charge in [0.2, 0.25) is 0 Å². The Balaban J connectivity index is 1.54. The van der Waals surface area contributed by atoms with Crippen molar-refractivity contribution in [3.8, 4) is 11.1 Å². The zero-order chi connectivity index (χ0) is 19.8. The summed E-state index contributed by atoms with van der Waals surface area (Å²) in [6, 6.07) is 19.8. The van der Waals surface area contributed by atoms with Gasteiger partial charge in [0.25, 0.3) is 0 Å². The summed E-state index contributed by atoms with van der Waals surface area (Å²) in [6.07, 6.45) is 1.76. The molecular weight excluding hydrogens is 364 g/mol. The van der Waals surface area contributed by atoms with Crippen LogP contribution in [0.4, 0.5) is 0 Å². The highest BCUT2D eigenvalue weighted by Gasteiger charge is 2.15. The van der Waals surface area contributed by atoms with Crippen molar-refractivity contribution in [3.63, 3.8) is 0 Å². The quantitative estimate of drug-likeness (QED) is 0.544. The lowest BCUT2D eigenvalue weighted by Gasteiger charge is -2.20. The van der Waals surface area contributed by atoms with Gasteiger partial charge in [-0.15, -0.1) is 0 Å². The summed E-state index contributed by atoms with van der Waals surface area (Å²) >= 11 is 0. The first-order chi connectivity index (χ1) is 14.2. The Morgan fingerprint density at radius 2 is 1.97 bits per heavy atom. The molecule has 1 aliphatic heterocycles. The molecule has 5 nitrogen and oxygen atoms in total. The lowest BCUT2D eigenvalue weighted by atomic mass is 9.91. The SMILES string of the molecule is O=Cc1ccc2c(c1)oc(=O)n2Cc1cccc(-c2cccc3c2CCNC3)c1. The molecule has 2 heterocycles. The van der Waals surface area contributed by atoms with E-state index in [2.05, 4.69) is 35.6 Å². The minimum absolute atomic E-state index is 0.413. The van der Waals surface area contributed by atoms with Crippen molar-refractivity contribution in [3.05, 3.63) is 93.5 Å². The highest BCUT2D eigenvalue weighted by Crippen LogP contribution is 2.29. The molecule has 0 unspecified atom stereocenters. The van der Waals surface area contributed by atoms with Crippen LogP contribution < -0.4 is 11.1 Å². The second-order valence-corrected chi connectivity index (χ2v) is 7.37. The molecule has 0 bridgehead atoms. The van der Waals surface area contributed by atoms with Crippen LogP contribution in [0, 0.1) is 0 Å². The fourth-order valence-electron chi connectivity index (χ4n) is 4.13. The Labute approximate surface area is 167 Å². The Morgan fingerprint density at radius 3 is 2.86 bits per heavy atom. The average Bonchev–Trinajstić information content (AvgIpc) is 3.07. The molecule has 29 heavy (non-hydrogen) atoms. The summed E-state index contributed by atoms with van der Waals surface area (Å²) in [5.74, 6) is -0.420. The summed E-state index contributed by atoms with van der Waals surface area (Å²) in [4.78, 5) is 23.4. The van der Waals surface area contributed by atoms with Crippen molar-refractivity contribution in [1.82, 2.24) is 9.88 Å². The third kappa shape index (κ3) is 3.19. The van der Waals surface area contributed by atoms with Gasteiger partial charge >= 0.3 is 5.76 Å². The van der Waals surface area contributed by atoms with Gasteiger partial charge in [-0.1, -0.05) is 36.4 Å². The summed E-state index contributed by atoms with van der Waals surface area (Å²) in [5.41, 5.74) is 7.80. The molecule has 0 radical (unpaired) electrons. The molecule has 5 rings (SSSR count). The minimum Gasteiger partial charge on any atom is -0.408 e. The third-order valence-corrected chi connectivity index (χ3v) is 5.55. The van der Waals surface area contributed by atoms with E-state index in [-0.39, 0.29) is 0 Å². The Kier molecular flexibility index (Phi) is 4.37. The van der Waals surface area contributed by atoms with E-state index in [0.717, 1.165) is 36.9 Å². The second kappa shape index (κ2) is 7.18. The van der Waals surface area contributed by atoms with E-state index < -0.39 is 5.76 Å². The number of fused-ring (bicyclic) bond motifs is 2. The predicted molar refractivity (Wildman–Crippen MR) is 112 cm³/mol. The van der Waals surface area contributed by atoms with Crippen molar-refractivity contribution in [2.45, 2.75) is 19.5 Å². The molecule has 4 aromatic rings. The molecule has 3 aromatic carbocycles. The van der Waals surface area contributed by atoms with Crippen LogP contribution in [0.5, 0.6) is 0 Å². The maximum Gasteiger partial charge on any atom is 0.420 e. The van der Waals surface area contributed by atoms with Crippen LogP contribution in [-0.4, -0.2) is 17.4 Å². The Hall–Kier alpha value is -3.44. The molecule has 0 fully saturated rings. The number of carbonyl (C=O) groups excluding carboxylic acids is 1. The smallest absolute Gasteiger partial charge is 0.408 e. The molecule has 0 spiro atoms. The van der Waals surface area contributed by atoms with Crippen molar-refractivity contribution < 1.29 is 9.21 Å². The second-order valence-electron chi connectivity index (χ2n) is 7.37. The zero-order valence-electron chi connectivity index (χ0n) is 15.9. The number of oxazole rings is 1. The fourth-order valence-corrected chi connectivity index (χ4v) is 4.13. The molecule has 5 heteroatoms. The molecule has 0 saturated heterocycles. The van der Waals surface area contributed by atoms with Gasteiger partial charge in [0.05, 0.1) is 12.1 Å². The molecule has 0 amide bonds. The van der Waals surface area contributed by atoms with Crippen LogP contribution in [0.3, 0.4) is 0 Å². The van der Waals surface area contributed by atoms with Crippen molar-refractivity contribution in [2.24, 2.45) is 0 Å². The highest BCUT2D eigenvalue weighted by molar-refractivity contribution is 5.83. The highest BCUT2D eigenvalue weighted by atomic mass is 16.4. The number of hydrogen-bond acceptors (Lipinski definition) is 4. The van der Waals surface area contributed by atoms with Crippen LogP contribution in [0.25, 0.3) is 22.2 Å². The van der Waals surface area contributed by atoms with E-state index in [0.29, 0.717) is 23.2 Å². The first-order valence-electron chi connectivity index (χ1n) is 9.72.